The third-order valence-corrected chi connectivity index (χ3v) is 2.91. The van der Waals surface area contributed by atoms with Gasteiger partial charge < -0.3 is 15.7 Å². The van der Waals surface area contributed by atoms with Gasteiger partial charge in [0.2, 0.25) is 11.8 Å². The summed E-state index contributed by atoms with van der Waals surface area (Å²) >= 11 is 0. The predicted molar refractivity (Wildman–Crippen MR) is 80.7 cm³/mol. The molecule has 0 fully saturated rings. The normalized spacial score (nSPS) is 13.4. The molecule has 0 saturated heterocycles. The van der Waals surface area contributed by atoms with Crippen molar-refractivity contribution in [1.82, 2.24) is 10.6 Å². The van der Waals surface area contributed by atoms with Crippen LogP contribution in [-0.2, 0) is 14.4 Å². The van der Waals surface area contributed by atoms with Crippen LogP contribution in [0.15, 0.2) is 0 Å². The summed E-state index contributed by atoms with van der Waals surface area (Å²) in [6.45, 7) is 11.0. The molecule has 0 aliphatic rings. The van der Waals surface area contributed by atoms with E-state index in [4.69, 9.17) is 5.11 Å². The zero-order chi connectivity index (χ0) is 16.8. The Balaban J connectivity index is 4.37. The highest BCUT2D eigenvalue weighted by Crippen LogP contribution is 2.21. The van der Waals surface area contributed by atoms with Crippen LogP contribution in [0.5, 0.6) is 0 Å². The molecule has 0 aromatic rings. The number of aliphatic carboxylic acids is 1. The second kappa shape index (κ2) is 7.43. The maximum Gasteiger partial charge on any atom is 0.326 e. The van der Waals surface area contributed by atoms with Crippen LogP contribution in [0.25, 0.3) is 0 Å². The molecule has 1 unspecified atom stereocenters. The van der Waals surface area contributed by atoms with Gasteiger partial charge >= 0.3 is 5.97 Å². The molecule has 0 radical (unpaired) electrons. The Labute approximate surface area is 126 Å². The lowest BCUT2D eigenvalue weighted by Gasteiger charge is -2.22. The molecule has 0 heterocycles. The maximum absolute atomic E-state index is 11.7. The van der Waals surface area contributed by atoms with E-state index in [0.29, 0.717) is 12.8 Å². The van der Waals surface area contributed by atoms with Crippen molar-refractivity contribution >= 4 is 17.8 Å². The van der Waals surface area contributed by atoms with Gasteiger partial charge in [0.25, 0.3) is 0 Å². The van der Waals surface area contributed by atoms with Gasteiger partial charge in [-0.1, -0.05) is 41.5 Å². The largest absolute Gasteiger partial charge is 0.480 e. The summed E-state index contributed by atoms with van der Waals surface area (Å²) in [5.41, 5.74) is -0.586. The summed E-state index contributed by atoms with van der Waals surface area (Å²) < 4.78 is 0. The zero-order valence-corrected chi connectivity index (χ0v) is 13.9. The SMILES string of the molecule is CC(C)(C)CCC(NC(=O)CNC(=O)C(C)(C)C)C(=O)O. The number of carbonyl (C=O) groups excluding carboxylic acids is 2. The van der Waals surface area contributed by atoms with Crippen molar-refractivity contribution < 1.29 is 19.5 Å². The van der Waals surface area contributed by atoms with Crippen molar-refractivity contribution in [3.8, 4) is 0 Å². The molecule has 0 aliphatic heterocycles. The standard InChI is InChI=1S/C15H28N2O4/c1-14(2,3)8-7-10(12(19)20)17-11(18)9-16-13(21)15(4,5)6/h10H,7-9H2,1-6H3,(H,16,21)(H,17,18)(H,19,20). The Morgan fingerprint density at radius 2 is 1.57 bits per heavy atom. The van der Waals surface area contributed by atoms with Gasteiger partial charge in [-0.25, -0.2) is 4.79 Å². The number of amides is 2. The molecule has 0 spiro atoms. The van der Waals surface area contributed by atoms with Crippen LogP contribution in [0, 0.1) is 10.8 Å². The summed E-state index contributed by atoms with van der Waals surface area (Å²) in [4.78, 5) is 34.5. The van der Waals surface area contributed by atoms with Gasteiger partial charge in [0, 0.05) is 5.41 Å². The summed E-state index contributed by atoms with van der Waals surface area (Å²) in [7, 11) is 0. The number of carboxylic acids is 1. The Bertz CT molecular complexity index is 391. The van der Waals surface area contributed by atoms with Crippen LogP contribution < -0.4 is 10.6 Å². The highest BCUT2D eigenvalue weighted by atomic mass is 16.4. The van der Waals surface area contributed by atoms with Gasteiger partial charge in [-0.2, -0.15) is 0 Å². The molecule has 122 valence electrons. The molecule has 6 nitrogen and oxygen atoms in total. The first-order valence-corrected chi connectivity index (χ1v) is 7.13. The molecule has 2 amide bonds. The molecular weight excluding hydrogens is 272 g/mol. The summed E-state index contributed by atoms with van der Waals surface area (Å²) in [6.07, 6.45) is 1.04. The van der Waals surface area contributed by atoms with Crippen LogP contribution in [-0.4, -0.2) is 35.5 Å². The monoisotopic (exact) mass is 300 g/mol. The second-order valence-corrected chi connectivity index (χ2v) is 7.49. The topological polar surface area (TPSA) is 95.5 Å². The van der Waals surface area contributed by atoms with E-state index >= 15 is 0 Å². The van der Waals surface area contributed by atoms with E-state index < -0.39 is 23.3 Å². The smallest absolute Gasteiger partial charge is 0.326 e. The molecule has 0 aliphatic carbocycles. The Kier molecular flexibility index (Phi) is 6.86. The summed E-state index contributed by atoms with van der Waals surface area (Å²) in [5, 5.41) is 14.1. The molecule has 0 aromatic carbocycles. The average molecular weight is 300 g/mol. The number of hydrogen-bond acceptors (Lipinski definition) is 3. The van der Waals surface area contributed by atoms with Crippen LogP contribution in [0.1, 0.15) is 54.4 Å². The third-order valence-electron chi connectivity index (χ3n) is 2.91. The minimum atomic E-state index is -1.06. The van der Waals surface area contributed by atoms with Gasteiger partial charge in [0.05, 0.1) is 6.54 Å². The van der Waals surface area contributed by atoms with Crippen molar-refractivity contribution in [2.75, 3.05) is 6.54 Å². The van der Waals surface area contributed by atoms with Gasteiger partial charge in [0.15, 0.2) is 0 Å². The molecule has 0 rings (SSSR count). The number of rotatable bonds is 6. The van der Waals surface area contributed by atoms with Gasteiger partial charge in [-0.15, -0.1) is 0 Å². The Morgan fingerprint density at radius 1 is 1.05 bits per heavy atom. The van der Waals surface area contributed by atoms with E-state index in [2.05, 4.69) is 10.6 Å². The van der Waals surface area contributed by atoms with E-state index in [1.807, 2.05) is 20.8 Å². The molecular formula is C15H28N2O4. The van der Waals surface area contributed by atoms with Crippen molar-refractivity contribution in [3.63, 3.8) is 0 Å². The summed E-state index contributed by atoms with van der Waals surface area (Å²) in [6, 6.07) is -0.928. The molecule has 21 heavy (non-hydrogen) atoms. The van der Waals surface area contributed by atoms with Crippen LogP contribution in [0.3, 0.4) is 0 Å². The molecule has 6 heteroatoms. The maximum atomic E-state index is 11.7. The lowest BCUT2D eigenvalue weighted by Crippen LogP contribution is -2.47. The second-order valence-electron chi connectivity index (χ2n) is 7.49. The first kappa shape index (κ1) is 19.4. The van der Waals surface area contributed by atoms with E-state index in [-0.39, 0.29) is 17.9 Å². The minimum Gasteiger partial charge on any atom is -0.480 e. The minimum absolute atomic E-state index is 0.00111. The predicted octanol–water partition coefficient (Wildman–Crippen LogP) is 1.54. The first-order valence-electron chi connectivity index (χ1n) is 7.13. The van der Waals surface area contributed by atoms with Crippen LogP contribution >= 0.6 is 0 Å². The van der Waals surface area contributed by atoms with Crippen molar-refractivity contribution in [2.45, 2.75) is 60.4 Å². The number of carboxylic acid groups (broad SMARTS) is 1. The fourth-order valence-electron chi connectivity index (χ4n) is 1.51. The first-order chi connectivity index (χ1) is 9.33. The molecule has 0 saturated carbocycles. The number of carbonyl (C=O) groups is 3. The molecule has 1 atom stereocenters. The van der Waals surface area contributed by atoms with E-state index in [9.17, 15) is 14.4 Å². The summed E-state index contributed by atoms with van der Waals surface area (Å²) in [5.74, 6) is -1.80. The average Bonchev–Trinajstić information content (AvgIpc) is 2.28. The lowest BCUT2D eigenvalue weighted by atomic mass is 9.88. The van der Waals surface area contributed by atoms with Crippen molar-refractivity contribution in [3.05, 3.63) is 0 Å². The lowest BCUT2D eigenvalue weighted by molar-refractivity contribution is -0.142. The quantitative estimate of drug-likeness (QED) is 0.693. The fourth-order valence-corrected chi connectivity index (χ4v) is 1.51. The van der Waals surface area contributed by atoms with Crippen molar-refractivity contribution in [1.29, 1.82) is 0 Å². The van der Waals surface area contributed by atoms with Crippen molar-refractivity contribution in [2.24, 2.45) is 10.8 Å². The number of hydrogen-bond donors (Lipinski definition) is 3. The Morgan fingerprint density at radius 3 is 1.95 bits per heavy atom. The highest BCUT2D eigenvalue weighted by molar-refractivity contribution is 5.89. The Hall–Kier alpha value is -1.59. The van der Waals surface area contributed by atoms with E-state index in [0.717, 1.165) is 0 Å². The van der Waals surface area contributed by atoms with Crippen LogP contribution in [0.2, 0.25) is 0 Å². The molecule has 0 bridgehead atoms. The van der Waals surface area contributed by atoms with E-state index in [1.165, 1.54) is 0 Å². The van der Waals surface area contributed by atoms with Gasteiger partial charge in [0.1, 0.15) is 6.04 Å². The highest BCUT2D eigenvalue weighted by Gasteiger charge is 2.24. The van der Waals surface area contributed by atoms with Gasteiger partial charge in [-0.05, 0) is 18.3 Å². The molecule has 3 N–H and O–H groups in total. The zero-order valence-electron chi connectivity index (χ0n) is 13.9. The fraction of sp³-hybridized carbons (Fsp3) is 0.800. The van der Waals surface area contributed by atoms with E-state index in [1.54, 1.807) is 20.8 Å². The number of nitrogens with one attached hydrogen (secondary N) is 2. The van der Waals surface area contributed by atoms with Crippen LogP contribution in [0.4, 0.5) is 0 Å². The molecule has 0 aromatic heterocycles. The third kappa shape index (κ3) is 9.05. The van der Waals surface area contributed by atoms with Gasteiger partial charge in [-0.3, -0.25) is 9.59 Å².